The van der Waals surface area contributed by atoms with Crippen molar-refractivity contribution in [2.45, 2.75) is 51.7 Å². The van der Waals surface area contributed by atoms with Gasteiger partial charge in [-0.05, 0) is 51.0 Å². The first kappa shape index (κ1) is 11.6. The lowest BCUT2D eigenvalue weighted by Crippen LogP contribution is -2.53. The van der Waals surface area contributed by atoms with Crippen LogP contribution in [0.2, 0.25) is 0 Å². The fourth-order valence-electron chi connectivity index (χ4n) is 3.42. The van der Waals surface area contributed by atoms with E-state index >= 15 is 0 Å². The molecule has 28 heavy (non-hydrogen) atoms. The van der Waals surface area contributed by atoms with E-state index in [1.165, 1.54) is 43.9 Å². The van der Waals surface area contributed by atoms with Gasteiger partial charge < -0.3 is 9.80 Å². The molecule has 2 saturated heterocycles. The molecule has 7 heteroatoms. The number of amides is 3. The summed E-state index contributed by atoms with van der Waals surface area (Å²) in [4.78, 5) is 39.1. The maximum absolute atomic E-state index is 13.0. The highest BCUT2D eigenvalue weighted by Crippen LogP contribution is 2.31. The number of hydrogen-bond acceptors (Lipinski definition) is 5. The lowest BCUT2D eigenvalue weighted by molar-refractivity contribution is -0.136. The molecule has 3 heterocycles. The fraction of sp³-hybridized carbons (Fsp3) is 0.571. The Morgan fingerprint density at radius 1 is 1.11 bits per heavy atom. The molecular weight excluding hydrogens is 356 g/mol. The molecule has 3 aliphatic rings. The molecule has 7 nitrogen and oxygen atoms in total. The third-order valence-corrected chi connectivity index (χ3v) is 4.98. The molecule has 0 radical (unpaired) electrons. The zero-order valence-electron chi connectivity index (χ0n) is 24.0. The molecule has 150 valence electrons. The van der Waals surface area contributed by atoms with Gasteiger partial charge in [0.05, 0.1) is 5.48 Å². The average Bonchev–Trinajstić information content (AvgIpc) is 3.01. The van der Waals surface area contributed by atoms with Gasteiger partial charge in [-0.1, -0.05) is 0 Å². The van der Waals surface area contributed by atoms with E-state index in [1.807, 2.05) is 0 Å². The van der Waals surface area contributed by atoms with Crippen molar-refractivity contribution in [1.29, 1.82) is 0 Å². The van der Waals surface area contributed by atoms with Gasteiger partial charge in [-0.25, -0.2) is 0 Å². The molecule has 1 atom stereocenters. The summed E-state index contributed by atoms with van der Waals surface area (Å²) >= 11 is 0. The van der Waals surface area contributed by atoms with Crippen LogP contribution in [-0.4, -0.2) is 65.1 Å². The number of benzene rings is 1. The topological polar surface area (TPSA) is 73.0 Å². The highest BCUT2D eigenvalue weighted by molar-refractivity contribution is 6.05. The molecule has 0 spiro atoms. The van der Waals surface area contributed by atoms with Crippen molar-refractivity contribution in [3.63, 3.8) is 0 Å². The van der Waals surface area contributed by atoms with E-state index in [-0.39, 0.29) is 30.6 Å². The molecule has 1 aromatic carbocycles. The number of piperidine rings is 1. The van der Waals surface area contributed by atoms with Gasteiger partial charge >= 0.3 is 0 Å². The SMILES string of the molecule is [2H]C1([2H])N(c2ccc3c(c2)CN([C@H]2CCC(=O)NC2=O)C3=O)C([2H])([2H])C([2H])([2H])N(C(C)(C)C)C1([2H])[2H]. The predicted molar refractivity (Wildman–Crippen MR) is 106 cm³/mol. The predicted octanol–water partition coefficient (Wildman–Crippen LogP) is 1.37. The first-order valence-electron chi connectivity index (χ1n) is 13.1. The van der Waals surface area contributed by atoms with Crippen LogP contribution in [0.3, 0.4) is 0 Å². The summed E-state index contributed by atoms with van der Waals surface area (Å²) in [6.45, 7) is -7.60. The Morgan fingerprint density at radius 3 is 2.46 bits per heavy atom. The zero-order chi connectivity index (χ0) is 27.2. The van der Waals surface area contributed by atoms with Gasteiger partial charge in [0.15, 0.2) is 0 Å². The van der Waals surface area contributed by atoms with Crippen LogP contribution in [0.15, 0.2) is 18.2 Å². The van der Waals surface area contributed by atoms with Gasteiger partial charge in [0, 0.05) is 61.2 Å². The van der Waals surface area contributed by atoms with Crippen LogP contribution in [0.5, 0.6) is 0 Å². The van der Waals surface area contributed by atoms with Crippen LogP contribution in [0, 0.1) is 0 Å². The van der Waals surface area contributed by atoms with E-state index in [0.717, 1.165) is 0 Å². The maximum Gasteiger partial charge on any atom is 0.255 e. The minimum atomic E-state index is -3.03. The minimum absolute atomic E-state index is 0.0535. The number of nitrogens with one attached hydrogen (secondary N) is 1. The molecule has 3 amide bonds. The molecule has 2 fully saturated rings. The largest absolute Gasteiger partial charge is 0.369 e. The van der Waals surface area contributed by atoms with Crippen molar-refractivity contribution in [2.75, 3.05) is 30.9 Å². The number of carbonyl (C=O) groups is 3. The highest BCUT2D eigenvalue weighted by Gasteiger charge is 2.39. The summed E-state index contributed by atoms with van der Waals surface area (Å²) < 4.78 is 68.9. The summed E-state index contributed by atoms with van der Waals surface area (Å²) in [5, 5.41) is 2.21. The van der Waals surface area contributed by atoms with Crippen molar-refractivity contribution >= 4 is 23.4 Å². The Labute approximate surface area is 176 Å². The molecule has 1 N–H and O–H groups in total. The van der Waals surface area contributed by atoms with Crippen LogP contribution in [0.25, 0.3) is 0 Å². The van der Waals surface area contributed by atoms with E-state index in [0.29, 0.717) is 15.4 Å². The van der Waals surface area contributed by atoms with Crippen LogP contribution in [0.1, 0.15) is 60.5 Å². The lowest BCUT2D eigenvalue weighted by atomic mass is 10.0. The summed E-state index contributed by atoms with van der Waals surface area (Å²) in [6, 6.07) is 3.04. The molecule has 0 bridgehead atoms. The number of imide groups is 1. The minimum Gasteiger partial charge on any atom is -0.369 e. The number of nitrogens with zero attached hydrogens (tertiary/aromatic N) is 3. The molecule has 0 aliphatic carbocycles. The van der Waals surface area contributed by atoms with Crippen LogP contribution in [-0.2, 0) is 16.1 Å². The summed E-state index contributed by atoms with van der Waals surface area (Å²) in [6.07, 6.45) is 0.224. The van der Waals surface area contributed by atoms with Gasteiger partial charge in [0.1, 0.15) is 6.04 Å². The van der Waals surface area contributed by atoms with Crippen LogP contribution >= 0.6 is 0 Å². The van der Waals surface area contributed by atoms with Gasteiger partial charge in [0.2, 0.25) is 11.8 Å². The number of anilines is 1. The second-order valence-electron chi connectivity index (χ2n) is 8.03. The third-order valence-electron chi connectivity index (χ3n) is 4.98. The van der Waals surface area contributed by atoms with E-state index in [2.05, 4.69) is 5.32 Å². The number of carbonyl (C=O) groups excluding carboxylic acids is 3. The Morgan fingerprint density at radius 2 is 1.82 bits per heavy atom. The highest BCUT2D eigenvalue weighted by atomic mass is 16.2. The normalized spacial score (nSPS) is 35.2. The lowest BCUT2D eigenvalue weighted by Gasteiger charge is -2.43. The molecule has 0 unspecified atom stereocenters. The third kappa shape index (κ3) is 3.39. The molecule has 1 aromatic rings. The van der Waals surface area contributed by atoms with Crippen molar-refractivity contribution in [3.8, 4) is 0 Å². The molecular formula is C21H28N4O3. The van der Waals surface area contributed by atoms with Gasteiger partial charge in [0.25, 0.3) is 5.91 Å². The van der Waals surface area contributed by atoms with E-state index in [1.54, 1.807) is 0 Å². The van der Waals surface area contributed by atoms with Gasteiger partial charge in [-0.2, -0.15) is 0 Å². The maximum atomic E-state index is 13.0. The van der Waals surface area contributed by atoms with Gasteiger partial charge in [-0.3, -0.25) is 24.6 Å². The summed E-state index contributed by atoms with van der Waals surface area (Å²) in [5.41, 5.74) is -0.854. The second kappa shape index (κ2) is 6.88. The van der Waals surface area contributed by atoms with Crippen LogP contribution < -0.4 is 10.2 Å². The van der Waals surface area contributed by atoms with Gasteiger partial charge in [-0.15, -0.1) is 0 Å². The smallest absolute Gasteiger partial charge is 0.255 e. The van der Waals surface area contributed by atoms with Crippen molar-refractivity contribution < 1.29 is 25.3 Å². The Kier molecular flexibility index (Phi) is 2.84. The summed E-state index contributed by atoms with van der Waals surface area (Å²) in [5.74, 6) is -1.50. The Hall–Kier alpha value is -2.41. The fourth-order valence-corrected chi connectivity index (χ4v) is 3.42. The second-order valence-corrected chi connectivity index (χ2v) is 8.03. The Balaban J connectivity index is 1.77. The van der Waals surface area contributed by atoms with E-state index in [4.69, 9.17) is 11.0 Å². The Bertz CT molecular complexity index is 1120. The van der Waals surface area contributed by atoms with Crippen molar-refractivity contribution in [3.05, 3.63) is 29.3 Å². The number of rotatable bonds is 2. The van der Waals surface area contributed by atoms with Crippen molar-refractivity contribution in [1.82, 2.24) is 15.1 Å². The first-order chi connectivity index (χ1) is 16.3. The van der Waals surface area contributed by atoms with Crippen molar-refractivity contribution in [2.24, 2.45) is 0 Å². The first-order valence-corrected chi connectivity index (χ1v) is 9.14. The molecule has 4 rings (SSSR count). The number of piperazine rings is 1. The molecule has 0 aromatic heterocycles. The van der Waals surface area contributed by atoms with Crippen LogP contribution in [0.4, 0.5) is 5.69 Å². The van der Waals surface area contributed by atoms with E-state index in [9.17, 15) is 14.4 Å². The number of fused-ring (bicyclic) bond motifs is 1. The quantitative estimate of drug-likeness (QED) is 0.770. The molecule has 0 saturated carbocycles. The summed E-state index contributed by atoms with van der Waals surface area (Å²) in [7, 11) is 0. The van der Waals surface area contributed by atoms with E-state index < -0.39 is 55.3 Å². The average molecular weight is 393 g/mol. The molecule has 3 aliphatic heterocycles. The zero-order valence-corrected chi connectivity index (χ0v) is 16.0. The standard InChI is InChI=1S/C21H28N4O3/c1-21(2,3)24-10-8-23(9-11-24)15-4-5-16-14(12-15)13-25(20(16)28)17-6-7-18(26)22-19(17)27/h4-5,12,17H,6-11,13H2,1-3H3,(H,22,26,27)/t17-/m0/s1/i8D2,9D2,10D2,11D2. The monoisotopic (exact) mass is 392 g/mol. The number of hydrogen-bond donors (Lipinski definition) is 1.